The summed E-state index contributed by atoms with van der Waals surface area (Å²) in [5.41, 5.74) is 1.66. The van der Waals surface area contributed by atoms with Gasteiger partial charge in [0.25, 0.3) is 5.56 Å². The van der Waals surface area contributed by atoms with E-state index in [1.807, 2.05) is 19.9 Å². The Kier molecular flexibility index (Phi) is 5.34. The summed E-state index contributed by atoms with van der Waals surface area (Å²) in [6, 6.07) is 10.2. The van der Waals surface area contributed by atoms with Gasteiger partial charge >= 0.3 is 0 Å². The molecule has 1 unspecified atom stereocenters. The lowest BCUT2D eigenvalue weighted by molar-refractivity contribution is -0.123. The normalized spacial score (nSPS) is 12.2. The Morgan fingerprint density at radius 2 is 1.93 bits per heavy atom. The SMILES string of the molecule is CC(C)C(NC(=O)Cn1c(=O)cnc2ccccc21)c1nc(-c2ccncc2)no1. The Morgan fingerprint density at radius 3 is 2.70 bits per heavy atom. The monoisotopic (exact) mass is 404 g/mol. The first-order valence-electron chi connectivity index (χ1n) is 9.51. The second-order valence-corrected chi connectivity index (χ2v) is 7.15. The van der Waals surface area contributed by atoms with E-state index in [1.54, 1.807) is 42.7 Å². The molecule has 1 N–H and O–H groups in total. The number of rotatable bonds is 6. The molecule has 0 saturated carbocycles. The van der Waals surface area contributed by atoms with Gasteiger partial charge in [0.2, 0.25) is 17.6 Å². The van der Waals surface area contributed by atoms with Gasteiger partial charge in [-0.3, -0.25) is 19.1 Å². The average molecular weight is 404 g/mol. The maximum atomic E-state index is 12.8. The number of para-hydroxylation sites is 2. The van der Waals surface area contributed by atoms with E-state index in [0.29, 0.717) is 22.7 Å². The highest BCUT2D eigenvalue weighted by molar-refractivity contribution is 5.80. The molecule has 0 saturated heterocycles. The number of amides is 1. The van der Waals surface area contributed by atoms with Gasteiger partial charge in [0.15, 0.2) is 0 Å². The topological polar surface area (TPSA) is 116 Å². The first-order valence-corrected chi connectivity index (χ1v) is 9.51. The maximum absolute atomic E-state index is 12.8. The van der Waals surface area contributed by atoms with Crippen molar-refractivity contribution in [2.24, 2.45) is 5.92 Å². The Balaban J connectivity index is 1.56. The minimum atomic E-state index is -0.496. The van der Waals surface area contributed by atoms with Crippen LogP contribution in [0.1, 0.15) is 25.8 Å². The van der Waals surface area contributed by atoms with Crippen LogP contribution in [0.5, 0.6) is 0 Å². The predicted octanol–water partition coefficient (Wildman–Crippen LogP) is 2.35. The first kappa shape index (κ1) is 19.4. The quantitative estimate of drug-likeness (QED) is 0.524. The van der Waals surface area contributed by atoms with E-state index in [9.17, 15) is 9.59 Å². The van der Waals surface area contributed by atoms with Gasteiger partial charge in [0.05, 0.1) is 17.2 Å². The Labute approximate surface area is 171 Å². The lowest BCUT2D eigenvalue weighted by atomic mass is 10.0. The summed E-state index contributed by atoms with van der Waals surface area (Å²) in [5, 5.41) is 6.92. The lowest BCUT2D eigenvalue weighted by Gasteiger charge is -2.19. The molecular formula is C21H20N6O3. The highest BCUT2D eigenvalue weighted by Crippen LogP contribution is 2.23. The van der Waals surface area contributed by atoms with Crippen molar-refractivity contribution in [2.45, 2.75) is 26.4 Å². The number of hydrogen-bond donors (Lipinski definition) is 1. The third-order valence-electron chi connectivity index (χ3n) is 4.68. The van der Waals surface area contributed by atoms with Crippen molar-refractivity contribution in [3.8, 4) is 11.4 Å². The van der Waals surface area contributed by atoms with Crippen molar-refractivity contribution in [3.05, 3.63) is 71.2 Å². The highest BCUT2D eigenvalue weighted by atomic mass is 16.5. The smallest absolute Gasteiger partial charge is 0.269 e. The molecule has 0 fully saturated rings. The van der Waals surface area contributed by atoms with Crippen molar-refractivity contribution < 1.29 is 9.32 Å². The number of hydrogen-bond acceptors (Lipinski definition) is 7. The van der Waals surface area contributed by atoms with E-state index < -0.39 is 6.04 Å². The third kappa shape index (κ3) is 3.95. The molecule has 9 nitrogen and oxygen atoms in total. The van der Waals surface area contributed by atoms with E-state index in [0.717, 1.165) is 5.56 Å². The minimum Gasteiger partial charge on any atom is -0.342 e. The van der Waals surface area contributed by atoms with E-state index >= 15 is 0 Å². The van der Waals surface area contributed by atoms with Crippen molar-refractivity contribution in [3.63, 3.8) is 0 Å². The van der Waals surface area contributed by atoms with Gasteiger partial charge in [0, 0.05) is 18.0 Å². The summed E-state index contributed by atoms with van der Waals surface area (Å²) in [6.45, 7) is 3.74. The average Bonchev–Trinajstić information content (AvgIpc) is 3.24. The minimum absolute atomic E-state index is 0.00871. The zero-order valence-electron chi connectivity index (χ0n) is 16.5. The number of aromatic nitrogens is 5. The van der Waals surface area contributed by atoms with Crippen molar-refractivity contribution in [1.29, 1.82) is 0 Å². The molecule has 0 aliphatic heterocycles. The van der Waals surface area contributed by atoms with Crippen LogP contribution in [0.2, 0.25) is 0 Å². The van der Waals surface area contributed by atoms with E-state index in [4.69, 9.17) is 4.52 Å². The fourth-order valence-electron chi connectivity index (χ4n) is 3.13. The molecule has 1 aromatic carbocycles. The van der Waals surface area contributed by atoms with Crippen LogP contribution in [0.15, 0.2) is 64.3 Å². The summed E-state index contributed by atoms with van der Waals surface area (Å²) >= 11 is 0. The van der Waals surface area contributed by atoms with Gasteiger partial charge in [-0.05, 0) is 30.2 Å². The van der Waals surface area contributed by atoms with Gasteiger partial charge < -0.3 is 9.84 Å². The van der Waals surface area contributed by atoms with Gasteiger partial charge in [-0.2, -0.15) is 4.98 Å². The fraction of sp³-hybridized carbons (Fsp3) is 0.238. The molecule has 0 aliphatic rings. The number of nitrogens with one attached hydrogen (secondary N) is 1. The number of carbonyl (C=O) groups is 1. The fourth-order valence-corrected chi connectivity index (χ4v) is 3.13. The molecule has 30 heavy (non-hydrogen) atoms. The summed E-state index contributed by atoms with van der Waals surface area (Å²) in [6.07, 6.45) is 4.50. The lowest BCUT2D eigenvalue weighted by Crippen LogP contribution is -2.37. The molecule has 9 heteroatoms. The van der Waals surface area contributed by atoms with Crippen LogP contribution in [0.4, 0.5) is 0 Å². The van der Waals surface area contributed by atoms with Crippen LogP contribution in [0, 0.1) is 5.92 Å². The molecule has 4 rings (SSSR count). The molecule has 1 atom stereocenters. The van der Waals surface area contributed by atoms with Crippen LogP contribution in [-0.2, 0) is 11.3 Å². The zero-order chi connectivity index (χ0) is 21.1. The summed E-state index contributed by atoms with van der Waals surface area (Å²) in [4.78, 5) is 37.6. The molecule has 3 heterocycles. The van der Waals surface area contributed by atoms with Crippen molar-refractivity contribution in [1.82, 2.24) is 30.0 Å². The van der Waals surface area contributed by atoms with Gasteiger partial charge in [0.1, 0.15) is 12.6 Å². The van der Waals surface area contributed by atoms with Crippen molar-refractivity contribution >= 4 is 16.9 Å². The summed E-state index contributed by atoms with van der Waals surface area (Å²) in [7, 11) is 0. The number of benzene rings is 1. The molecule has 0 radical (unpaired) electrons. The van der Waals surface area contributed by atoms with E-state index in [-0.39, 0.29) is 23.9 Å². The molecule has 4 aromatic rings. The third-order valence-corrected chi connectivity index (χ3v) is 4.68. The zero-order valence-corrected chi connectivity index (χ0v) is 16.5. The molecule has 0 spiro atoms. The van der Waals surface area contributed by atoms with Gasteiger partial charge in [-0.25, -0.2) is 4.98 Å². The maximum Gasteiger partial charge on any atom is 0.269 e. The largest absolute Gasteiger partial charge is 0.342 e. The second kappa shape index (κ2) is 8.24. The molecular weight excluding hydrogens is 384 g/mol. The van der Waals surface area contributed by atoms with Crippen LogP contribution >= 0.6 is 0 Å². The van der Waals surface area contributed by atoms with E-state index in [2.05, 4.69) is 25.4 Å². The standard InChI is InChI=1S/C21H20N6O3/c1-13(2)19(21-25-20(26-30-21)14-7-9-22-10-8-14)24-17(28)12-27-16-6-4-3-5-15(16)23-11-18(27)29/h3-11,13,19H,12H2,1-2H3,(H,24,28). The second-order valence-electron chi connectivity index (χ2n) is 7.15. The molecule has 1 amide bonds. The van der Waals surface area contributed by atoms with Crippen LogP contribution in [-0.4, -0.2) is 30.6 Å². The number of carbonyl (C=O) groups excluding carboxylic acids is 1. The molecule has 152 valence electrons. The van der Waals surface area contributed by atoms with Crippen LogP contribution < -0.4 is 10.9 Å². The predicted molar refractivity (Wildman–Crippen MR) is 109 cm³/mol. The van der Waals surface area contributed by atoms with Crippen LogP contribution in [0.3, 0.4) is 0 Å². The number of fused-ring (bicyclic) bond motifs is 1. The Hall–Kier alpha value is -3.88. The highest BCUT2D eigenvalue weighted by Gasteiger charge is 2.25. The van der Waals surface area contributed by atoms with Gasteiger partial charge in [-0.1, -0.05) is 31.1 Å². The first-order chi connectivity index (χ1) is 14.5. The summed E-state index contributed by atoms with van der Waals surface area (Å²) < 4.78 is 6.81. The molecule has 3 aromatic heterocycles. The molecule has 0 aliphatic carbocycles. The van der Waals surface area contributed by atoms with E-state index in [1.165, 1.54) is 10.8 Å². The van der Waals surface area contributed by atoms with Crippen molar-refractivity contribution in [2.75, 3.05) is 0 Å². The van der Waals surface area contributed by atoms with Gasteiger partial charge in [-0.15, -0.1) is 0 Å². The molecule has 0 bridgehead atoms. The summed E-state index contributed by atoms with van der Waals surface area (Å²) in [5.74, 6) is 0.377. The Morgan fingerprint density at radius 1 is 1.17 bits per heavy atom. The Bertz CT molecular complexity index is 1230. The van der Waals surface area contributed by atoms with Crippen LogP contribution in [0.25, 0.3) is 22.4 Å². The number of nitrogens with zero attached hydrogens (tertiary/aromatic N) is 5. The number of pyridine rings is 1.